The Morgan fingerprint density at radius 2 is 2.05 bits per heavy atom. The lowest BCUT2D eigenvalue weighted by molar-refractivity contribution is 0.237. The maximum absolute atomic E-state index is 4.83. The van der Waals surface area contributed by atoms with Crippen LogP contribution in [0.5, 0.6) is 0 Å². The molecule has 0 aromatic carbocycles. The van der Waals surface area contributed by atoms with Crippen LogP contribution in [0.1, 0.15) is 49.1 Å². The molecule has 0 spiro atoms. The molecule has 3 rings (SSSR count). The molecule has 1 aliphatic rings. The van der Waals surface area contributed by atoms with Gasteiger partial charge in [0, 0.05) is 37.4 Å². The molecular formula is C18H24N4. The summed E-state index contributed by atoms with van der Waals surface area (Å²) in [6.07, 6.45) is 4.91. The van der Waals surface area contributed by atoms with Crippen molar-refractivity contribution in [3.63, 3.8) is 0 Å². The van der Waals surface area contributed by atoms with E-state index in [1.807, 2.05) is 18.5 Å². The summed E-state index contributed by atoms with van der Waals surface area (Å²) in [4.78, 5) is 16.3. The summed E-state index contributed by atoms with van der Waals surface area (Å²) in [5.41, 5.74) is 4.89. The Morgan fingerprint density at radius 3 is 2.77 bits per heavy atom. The topological polar surface area (TPSA) is 41.9 Å². The first-order valence-electron chi connectivity index (χ1n) is 7.91. The highest BCUT2D eigenvalue weighted by molar-refractivity contribution is 5.23. The summed E-state index contributed by atoms with van der Waals surface area (Å²) >= 11 is 0. The van der Waals surface area contributed by atoms with Gasteiger partial charge in [-0.15, -0.1) is 0 Å². The Hall–Kier alpha value is -1.81. The molecule has 116 valence electrons. The molecule has 0 unspecified atom stereocenters. The van der Waals surface area contributed by atoms with Gasteiger partial charge in [0.1, 0.15) is 5.82 Å². The van der Waals surface area contributed by atoms with Crippen molar-refractivity contribution >= 4 is 0 Å². The first-order chi connectivity index (χ1) is 10.4. The predicted molar refractivity (Wildman–Crippen MR) is 87.5 cm³/mol. The summed E-state index contributed by atoms with van der Waals surface area (Å²) in [6, 6.07) is 4.12. The van der Waals surface area contributed by atoms with Crippen molar-refractivity contribution in [2.24, 2.45) is 0 Å². The van der Waals surface area contributed by atoms with Crippen molar-refractivity contribution in [3.05, 3.63) is 52.9 Å². The number of fused-ring (bicyclic) bond motifs is 1. The summed E-state index contributed by atoms with van der Waals surface area (Å²) in [5.74, 6) is 0.933. The zero-order valence-corrected chi connectivity index (χ0v) is 13.9. The van der Waals surface area contributed by atoms with Crippen molar-refractivity contribution in [1.29, 1.82) is 0 Å². The molecule has 3 heterocycles. The molecule has 0 radical (unpaired) electrons. The van der Waals surface area contributed by atoms with Gasteiger partial charge >= 0.3 is 0 Å². The molecule has 2 aromatic heterocycles. The van der Waals surface area contributed by atoms with E-state index >= 15 is 0 Å². The van der Waals surface area contributed by atoms with E-state index in [1.165, 1.54) is 16.8 Å². The quantitative estimate of drug-likeness (QED) is 0.854. The van der Waals surface area contributed by atoms with Crippen LogP contribution in [0.15, 0.2) is 24.5 Å². The highest BCUT2D eigenvalue weighted by atomic mass is 15.1. The number of hydrogen-bond donors (Lipinski definition) is 0. The SMILES string of the molecule is Cc1cccnc1CN1CCc2cnc(C(C)(C)C)nc2C1. The number of pyridine rings is 1. The van der Waals surface area contributed by atoms with E-state index in [4.69, 9.17) is 4.98 Å². The Kier molecular flexibility index (Phi) is 3.96. The second-order valence-corrected chi connectivity index (χ2v) is 7.14. The molecule has 4 heteroatoms. The standard InChI is InChI=1S/C18H24N4/c1-13-6-5-8-19-15(13)11-22-9-7-14-10-20-17(18(2,3)4)21-16(14)12-22/h5-6,8,10H,7,9,11-12H2,1-4H3. The highest BCUT2D eigenvalue weighted by Crippen LogP contribution is 2.23. The number of rotatable bonds is 2. The van der Waals surface area contributed by atoms with Crippen LogP contribution in [0.2, 0.25) is 0 Å². The molecule has 0 N–H and O–H groups in total. The van der Waals surface area contributed by atoms with Gasteiger partial charge in [-0.25, -0.2) is 9.97 Å². The number of aromatic nitrogens is 3. The van der Waals surface area contributed by atoms with Gasteiger partial charge in [-0.05, 0) is 30.5 Å². The van der Waals surface area contributed by atoms with Gasteiger partial charge in [0.2, 0.25) is 0 Å². The smallest absolute Gasteiger partial charge is 0.133 e. The molecule has 4 nitrogen and oxygen atoms in total. The van der Waals surface area contributed by atoms with Crippen molar-refractivity contribution in [1.82, 2.24) is 19.9 Å². The average Bonchev–Trinajstić information content (AvgIpc) is 2.48. The fourth-order valence-corrected chi connectivity index (χ4v) is 2.75. The summed E-state index contributed by atoms with van der Waals surface area (Å²) in [5, 5.41) is 0. The van der Waals surface area contributed by atoms with Crippen molar-refractivity contribution in [3.8, 4) is 0 Å². The van der Waals surface area contributed by atoms with Gasteiger partial charge in [-0.2, -0.15) is 0 Å². The number of hydrogen-bond acceptors (Lipinski definition) is 4. The maximum Gasteiger partial charge on any atom is 0.133 e. The molecule has 0 bridgehead atoms. The minimum Gasteiger partial charge on any atom is -0.291 e. The van der Waals surface area contributed by atoms with Crippen LogP contribution in [0.3, 0.4) is 0 Å². The van der Waals surface area contributed by atoms with Gasteiger partial charge in [0.05, 0.1) is 11.4 Å². The lowest BCUT2D eigenvalue weighted by Gasteiger charge is -2.29. The molecule has 0 fully saturated rings. The molecule has 1 aliphatic heterocycles. The Bertz CT molecular complexity index is 673. The average molecular weight is 296 g/mol. The van der Waals surface area contributed by atoms with Gasteiger partial charge in [-0.3, -0.25) is 9.88 Å². The van der Waals surface area contributed by atoms with Crippen LogP contribution >= 0.6 is 0 Å². The van der Waals surface area contributed by atoms with Crippen LogP contribution in [0.4, 0.5) is 0 Å². The Morgan fingerprint density at radius 1 is 1.23 bits per heavy atom. The van der Waals surface area contributed by atoms with E-state index in [1.54, 1.807) is 0 Å². The van der Waals surface area contributed by atoms with Gasteiger partial charge in [0.15, 0.2) is 0 Å². The normalized spacial score (nSPS) is 15.6. The van der Waals surface area contributed by atoms with Crippen LogP contribution < -0.4 is 0 Å². The fourth-order valence-electron chi connectivity index (χ4n) is 2.75. The largest absolute Gasteiger partial charge is 0.291 e. The third-order valence-electron chi connectivity index (χ3n) is 4.19. The number of nitrogens with zero attached hydrogens (tertiary/aromatic N) is 4. The van der Waals surface area contributed by atoms with Gasteiger partial charge < -0.3 is 0 Å². The highest BCUT2D eigenvalue weighted by Gasteiger charge is 2.23. The minimum absolute atomic E-state index is 0.00508. The van der Waals surface area contributed by atoms with Crippen molar-refractivity contribution in [2.45, 2.75) is 52.6 Å². The van der Waals surface area contributed by atoms with Crippen molar-refractivity contribution in [2.75, 3.05) is 6.54 Å². The van der Waals surface area contributed by atoms with E-state index in [9.17, 15) is 0 Å². The zero-order chi connectivity index (χ0) is 15.7. The molecule has 0 saturated heterocycles. The third kappa shape index (κ3) is 3.17. The molecule has 0 aliphatic carbocycles. The van der Waals surface area contributed by atoms with Gasteiger partial charge in [0.25, 0.3) is 0 Å². The predicted octanol–water partition coefficient (Wildman–Crippen LogP) is 3.04. The van der Waals surface area contributed by atoms with E-state index in [2.05, 4.69) is 48.6 Å². The summed E-state index contributed by atoms with van der Waals surface area (Å²) in [6.45, 7) is 11.4. The minimum atomic E-state index is -0.00508. The van der Waals surface area contributed by atoms with E-state index < -0.39 is 0 Å². The lowest BCUT2D eigenvalue weighted by Crippen LogP contribution is -2.32. The first kappa shape index (κ1) is 15.1. The summed E-state index contributed by atoms with van der Waals surface area (Å²) < 4.78 is 0. The van der Waals surface area contributed by atoms with E-state index in [-0.39, 0.29) is 5.41 Å². The van der Waals surface area contributed by atoms with Crippen LogP contribution in [-0.4, -0.2) is 26.4 Å². The van der Waals surface area contributed by atoms with E-state index in [0.717, 1.165) is 37.6 Å². The van der Waals surface area contributed by atoms with E-state index in [0.29, 0.717) is 0 Å². The van der Waals surface area contributed by atoms with Crippen LogP contribution in [0.25, 0.3) is 0 Å². The summed E-state index contributed by atoms with van der Waals surface area (Å²) in [7, 11) is 0. The molecule has 22 heavy (non-hydrogen) atoms. The maximum atomic E-state index is 4.83. The van der Waals surface area contributed by atoms with Crippen LogP contribution in [0, 0.1) is 6.92 Å². The Balaban J connectivity index is 1.79. The molecule has 0 amide bonds. The Labute approximate surface area is 132 Å². The fraction of sp³-hybridized carbons (Fsp3) is 0.500. The first-order valence-corrected chi connectivity index (χ1v) is 7.91. The molecule has 0 atom stereocenters. The molecule has 0 saturated carbocycles. The van der Waals surface area contributed by atoms with Crippen molar-refractivity contribution < 1.29 is 0 Å². The molecule has 2 aromatic rings. The monoisotopic (exact) mass is 296 g/mol. The second-order valence-electron chi connectivity index (χ2n) is 7.14. The van der Waals surface area contributed by atoms with Gasteiger partial charge in [-0.1, -0.05) is 26.8 Å². The third-order valence-corrected chi connectivity index (χ3v) is 4.19. The van der Waals surface area contributed by atoms with Crippen LogP contribution in [-0.2, 0) is 24.9 Å². The lowest BCUT2D eigenvalue weighted by atomic mass is 9.95. The number of aryl methyl sites for hydroxylation is 1. The molecular weight excluding hydrogens is 272 g/mol. The zero-order valence-electron chi connectivity index (χ0n) is 13.9. The second kappa shape index (κ2) is 5.76.